The molecule has 0 saturated carbocycles. The van der Waals surface area contributed by atoms with Gasteiger partial charge in [0.1, 0.15) is 29.6 Å². The van der Waals surface area contributed by atoms with Gasteiger partial charge in [-0.25, -0.2) is 26.3 Å². The maximum Gasteiger partial charge on any atom is 0.290 e. The SMILES string of the molecule is O=C1Cc2c(cccc2-c2cccnc2[C@H](Cc2cc(F)cc(F)c2)NC(=O)Cn2nc(C(F)F)c3c2C(F)(F)CCC3(F)F)N1. The first kappa shape index (κ1) is 31.2. The van der Waals surface area contributed by atoms with Crippen LogP contribution >= 0.6 is 0 Å². The Kier molecular flexibility index (Phi) is 7.81. The summed E-state index contributed by atoms with van der Waals surface area (Å²) in [5, 5.41) is 8.58. The molecule has 2 aliphatic rings. The summed E-state index contributed by atoms with van der Waals surface area (Å²) in [6.07, 6.45) is -5.25. The lowest BCUT2D eigenvalue weighted by atomic mass is 9.89. The molecule has 3 heterocycles. The van der Waals surface area contributed by atoms with E-state index in [2.05, 4.69) is 20.7 Å². The number of rotatable bonds is 8. The van der Waals surface area contributed by atoms with Crippen LogP contribution in [0.2, 0.25) is 0 Å². The van der Waals surface area contributed by atoms with E-state index in [9.17, 15) is 44.7 Å². The largest absolute Gasteiger partial charge is 0.346 e. The van der Waals surface area contributed by atoms with Gasteiger partial charge in [0.2, 0.25) is 11.8 Å². The van der Waals surface area contributed by atoms with Crippen LogP contribution in [0.3, 0.4) is 0 Å². The topological polar surface area (TPSA) is 88.9 Å². The van der Waals surface area contributed by atoms with Crippen LogP contribution in [0.25, 0.3) is 11.1 Å². The summed E-state index contributed by atoms with van der Waals surface area (Å²) in [6.45, 7) is -1.16. The zero-order valence-corrected chi connectivity index (χ0v) is 23.6. The van der Waals surface area contributed by atoms with Gasteiger partial charge in [0.05, 0.1) is 23.7 Å². The third kappa shape index (κ3) is 5.81. The second-order valence-corrected chi connectivity index (χ2v) is 11.1. The van der Waals surface area contributed by atoms with Gasteiger partial charge in [-0.1, -0.05) is 18.2 Å². The average Bonchev–Trinajstić information content (AvgIpc) is 3.56. The fourth-order valence-electron chi connectivity index (χ4n) is 6.02. The normalized spacial score (nSPS) is 16.9. The number of amides is 2. The summed E-state index contributed by atoms with van der Waals surface area (Å²) in [5.41, 5.74) is -2.28. The Bertz CT molecular complexity index is 1840. The molecule has 0 bridgehead atoms. The predicted molar refractivity (Wildman–Crippen MR) is 147 cm³/mol. The van der Waals surface area contributed by atoms with E-state index < -0.39 is 78.2 Å². The Balaban J connectivity index is 1.40. The highest BCUT2D eigenvalue weighted by Gasteiger charge is 2.55. The lowest BCUT2D eigenvalue weighted by Crippen LogP contribution is -2.37. The number of hydrogen-bond acceptors (Lipinski definition) is 4. The monoisotopic (exact) mass is 649 g/mol. The second kappa shape index (κ2) is 11.5. The Morgan fingerprint density at radius 2 is 1.65 bits per heavy atom. The zero-order chi connectivity index (χ0) is 33.0. The summed E-state index contributed by atoms with van der Waals surface area (Å²) in [7, 11) is 0. The molecule has 1 atom stereocenters. The molecule has 2 aromatic carbocycles. The number of anilines is 1. The molecule has 0 unspecified atom stereocenters. The average molecular weight is 650 g/mol. The van der Waals surface area contributed by atoms with Crippen LogP contribution in [-0.4, -0.2) is 26.6 Å². The molecule has 0 fully saturated rings. The molecule has 0 spiro atoms. The van der Waals surface area contributed by atoms with E-state index >= 15 is 0 Å². The fourth-order valence-corrected chi connectivity index (χ4v) is 6.02. The molecule has 2 N–H and O–H groups in total. The van der Waals surface area contributed by atoms with Gasteiger partial charge in [0.25, 0.3) is 18.3 Å². The number of nitrogens with one attached hydrogen (secondary N) is 2. The van der Waals surface area contributed by atoms with Crippen molar-refractivity contribution < 1.29 is 44.7 Å². The number of halogens is 8. The van der Waals surface area contributed by atoms with Crippen LogP contribution in [0.1, 0.15) is 59.1 Å². The molecule has 2 aromatic heterocycles. The predicted octanol–water partition coefficient (Wildman–Crippen LogP) is 6.73. The number of fused-ring (bicyclic) bond motifs is 2. The number of alkyl halides is 6. The summed E-state index contributed by atoms with van der Waals surface area (Å²) >= 11 is 0. The minimum Gasteiger partial charge on any atom is -0.346 e. The highest BCUT2D eigenvalue weighted by atomic mass is 19.3. The summed E-state index contributed by atoms with van der Waals surface area (Å²) < 4.78 is 115. The van der Waals surface area contributed by atoms with Gasteiger partial charge in [0.15, 0.2) is 0 Å². The van der Waals surface area contributed by atoms with Crippen molar-refractivity contribution in [3.8, 4) is 11.1 Å². The number of carbonyl (C=O) groups excluding carboxylic acids is 2. The van der Waals surface area contributed by atoms with E-state index in [0.717, 1.165) is 12.1 Å². The molecule has 0 radical (unpaired) electrons. The maximum atomic E-state index is 14.9. The van der Waals surface area contributed by atoms with E-state index in [1.807, 2.05) is 0 Å². The summed E-state index contributed by atoms with van der Waals surface area (Å²) in [4.78, 5) is 30.0. The number of benzene rings is 2. The molecule has 240 valence electrons. The standard InChI is InChI=1S/C31H23F8N5O2/c32-16-9-15(10-17(33)12-16)11-22(26-19(4-2-8-40-26)18-3-1-5-21-20(18)13-23(45)41-21)42-24(46)14-44-28-25(27(43-44)29(34)35)30(36,37)6-7-31(28,38)39/h1-5,8-10,12,22,29H,6-7,11,13-14H2,(H,41,45)(H,42,46)/t22-/m0/s1. The first-order chi connectivity index (χ1) is 21.7. The molecule has 1 aliphatic heterocycles. The van der Waals surface area contributed by atoms with E-state index in [-0.39, 0.29) is 34.7 Å². The summed E-state index contributed by atoms with van der Waals surface area (Å²) in [6, 6.07) is 9.71. The lowest BCUT2D eigenvalue weighted by Gasteiger charge is -2.29. The summed E-state index contributed by atoms with van der Waals surface area (Å²) in [5.74, 6) is -11.2. The van der Waals surface area contributed by atoms with Crippen LogP contribution in [0.15, 0.2) is 54.7 Å². The van der Waals surface area contributed by atoms with Crippen LogP contribution < -0.4 is 10.6 Å². The Morgan fingerprint density at radius 3 is 2.37 bits per heavy atom. The minimum atomic E-state index is -4.03. The first-order valence-corrected chi connectivity index (χ1v) is 14.0. The van der Waals surface area contributed by atoms with E-state index in [0.29, 0.717) is 28.4 Å². The Hall–Kier alpha value is -4.82. The van der Waals surface area contributed by atoms with Crippen molar-refractivity contribution in [3.63, 3.8) is 0 Å². The number of nitrogens with zero attached hydrogens (tertiary/aromatic N) is 3. The number of pyridine rings is 1. The van der Waals surface area contributed by atoms with Crippen molar-refractivity contribution in [2.24, 2.45) is 0 Å². The number of aromatic nitrogens is 3. The molecule has 2 amide bonds. The van der Waals surface area contributed by atoms with Crippen molar-refractivity contribution in [1.29, 1.82) is 0 Å². The van der Waals surface area contributed by atoms with Crippen LogP contribution in [-0.2, 0) is 40.8 Å². The molecule has 0 saturated heterocycles. The van der Waals surface area contributed by atoms with E-state index in [1.165, 1.54) is 6.20 Å². The Morgan fingerprint density at radius 1 is 0.957 bits per heavy atom. The van der Waals surface area contributed by atoms with Gasteiger partial charge in [-0.15, -0.1) is 0 Å². The molecule has 15 heteroatoms. The van der Waals surface area contributed by atoms with Gasteiger partial charge < -0.3 is 10.6 Å². The van der Waals surface area contributed by atoms with Crippen LogP contribution in [0.5, 0.6) is 0 Å². The minimum absolute atomic E-state index is 0.0295. The van der Waals surface area contributed by atoms with E-state index in [1.54, 1.807) is 30.3 Å². The Labute approximate surface area is 255 Å². The molecule has 4 aromatic rings. The number of hydrogen-bond donors (Lipinski definition) is 2. The highest BCUT2D eigenvalue weighted by molar-refractivity contribution is 6.02. The quantitative estimate of drug-likeness (QED) is 0.207. The second-order valence-electron chi connectivity index (χ2n) is 11.1. The van der Waals surface area contributed by atoms with Gasteiger partial charge in [-0.05, 0) is 47.4 Å². The van der Waals surface area contributed by atoms with Crippen molar-refractivity contribution >= 4 is 17.5 Å². The molecule has 1 aliphatic carbocycles. The maximum absolute atomic E-state index is 14.9. The van der Waals surface area contributed by atoms with Gasteiger partial charge in [-0.2, -0.15) is 13.9 Å². The van der Waals surface area contributed by atoms with Gasteiger partial charge in [0, 0.05) is 36.4 Å². The van der Waals surface area contributed by atoms with Gasteiger partial charge in [-0.3, -0.25) is 19.3 Å². The van der Waals surface area contributed by atoms with Crippen molar-refractivity contribution in [2.75, 3.05) is 5.32 Å². The highest BCUT2D eigenvalue weighted by Crippen LogP contribution is 2.52. The third-order valence-corrected chi connectivity index (χ3v) is 7.89. The molecule has 7 nitrogen and oxygen atoms in total. The molecular formula is C31H23F8N5O2. The fraction of sp³-hybridized carbons (Fsp3) is 0.290. The van der Waals surface area contributed by atoms with Crippen molar-refractivity contribution in [3.05, 3.63) is 100 Å². The van der Waals surface area contributed by atoms with Crippen molar-refractivity contribution in [1.82, 2.24) is 20.1 Å². The number of carbonyl (C=O) groups is 2. The van der Waals surface area contributed by atoms with Crippen molar-refractivity contribution in [2.45, 2.75) is 56.5 Å². The molecular weight excluding hydrogens is 626 g/mol. The molecule has 6 rings (SSSR count). The zero-order valence-electron chi connectivity index (χ0n) is 23.6. The first-order valence-electron chi connectivity index (χ1n) is 14.0. The van der Waals surface area contributed by atoms with E-state index in [4.69, 9.17) is 0 Å². The van der Waals surface area contributed by atoms with Crippen LogP contribution in [0.4, 0.5) is 40.8 Å². The third-order valence-electron chi connectivity index (χ3n) is 7.89. The van der Waals surface area contributed by atoms with Crippen LogP contribution in [0, 0.1) is 11.6 Å². The smallest absolute Gasteiger partial charge is 0.290 e. The lowest BCUT2D eigenvalue weighted by molar-refractivity contribution is -0.123. The van der Waals surface area contributed by atoms with Gasteiger partial charge >= 0.3 is 0 Å². The molecule has 46 heavy (non-hydrogen) atoms.